The molecule has 1 unspecified atom stereocenters. The molecule has 1 atom stereocenters. The SMILES string of the molecule is CNCc1ccc(C(=O)N2CCC(C)c3cccc(O)c32)cn1. The van der Waals surface area contributed by atoms with Crippen molar-refractivity contribution >= 4 is 11.6 Å². The average molecular weight is 311 g/mol. The summed E-state index contributed by atoms with van der Waals surface area (Å²) < 4.78 is 0. The van der Waals surface area contributed by atoms with Gasteiger partial charge in [0.2, 0.25) is 0 Å². The molecule has 0 fully saturated rings. The van der Waals surface area contributed by atoms with Crippen LogP contribution >= 0.6 is 0 Å². The normalized spacial score (nSPS) is 17.0. The van der Waals surface area contributed by atoms with Gasteiger partial charge in [0, 0.05) is 19.3 Å². The number of fused-ring (bicyclic) bond motifs is 1. The summed E-state index contributed by atoms with van der Waals surface area (Å²) in [5.41, 5.74) is 3.08. The van der Waals surface area contributed by atoms with E-state index in [1.54, 1.807) is 23.2 Å². The second kappa shape index (κ2) is 6.38. The Labute approximate surface area is 136 Å². The van der Waals surface area contributed by atoms with Crippen molar-refractivity contribution in [1.29, 1.82) is 0 Å². The zero-order valence-electron chi connectivity index (χ0n) is 13.4. The first kappa shape index (κ1) is 15.5. The number of nitrogens with zero attached hydrogens (tertiary/aromatic N) is 2. The first-order chi connectivity index (χ1) is 11.1. The maximum atomic E-state index is 12.8. The molecular weight excluding hydrogens is 290 g/mol. The molecule has 0 aliphatic carbocycles. The standard InChI is InChI=1S/C18H21N3O2/c1-12-8-9-21(17-15(12)4-3-5-16(17)22)18(23)13-6-7-14(11-19-2)20-10-13/h3-7,10,12,19,22H,8-9,11H2,1-2H3. The Morgan fingerprint density at radius 2 is 2.22 bits per heavy atom. The monoisotopic (exact) mass is 311 g/mol. The number of aromatic hydroxyl groups is 1. The van der Waals surface area contributed by atoms with Crippen molar-refractivity contribution in [3.8, 4) is 5.75 Å². The number of phenols is 1. The lowest BCUT2D eigenvalue weighted by Gasteiger charge is -2.33. The molecule has 2 N–H and O–H groups in total. The molecule has 2 heterocycles. The molecule has 5 heteroatoms. The number of rotatable bonds is 3. The largest absolute Gasteiger partial charge is 0.506 e. The van der Waals surface area contributed by atoms with Crippen molar-refractivity contribution < 1.29 is 9.90 Å². The first-order valence-corrected chi connectivity index (χ1v) is 7.85. The van der Waals surface area contributed by atoms with E-state index in [4.69, 9.17) is 0 Å². The summed E-state index contributed by atoms with van der Waals surface area (Å²) in [7, 11) is 1.86. The second-order valence-electron chi connectivity index (χ2n) is 5.93. The molecule has 2 aromatic rings. The molecule has 1 aromatic carbocycles. The number of hydrogen-bond donors (Lipinski definition) is 2. The van der Waals surface area contributed by atoms with Crippen molar-refractivity contribution in [2.24, 2.45) is 0 Å². The predicted octanol–water partition coefficient (Wildman–Crippen LogP) is 2.66. The highest BCUT2D eigenvalue weighted by atomic mass is 16.3. The van der Waals surface area contributed by atoms with Crippen molar-refractivity contribution in [3.05, 3.63) is 53.3 Å². The molecule has 0 bridgehead atoms. The number of anilines is 1. The number of pyridine rings is 1. The molecular formula is C18H21N3O2. The molecule has 23 heavy (non-hydrogen) atoms. The maximum absolute atomic E-state index is 12.8. The minimum absolute atomic E-state index is 0.122. The summed E-state index contributed by atoms with van der Waals surface area (Å²) in [4.78, 5) is 18.8. The van der Waals surface area contributed by atoms with Crippen LogP contribution in [0.4, 0.5) is 5.69 Å². The molecule has 1 aliphatic rings. The van der Waals surface area contributed by atoms with Gasteiger partial charge in [-0.05, 0) is 43.1 Å². The van der Waals surface area contributed by atoms with E-state index in [-0.39, 0.29) is 11.7 Å². The van der Waals surface area contributed by atoms with Crippen LogP contribution in [0.25, 0.3) is 0 Å². The van der Waals surface area contributed by atoms with Gasteiger partial charge < -0.3 is 15.3 Å². The third-order valence-corrected chi connectivity index (χ3v) is 4.31. The third kappa shape index (κ3) is 2.92. The van der Waals surface area contributed by atoms with E-state index in [1.165, 1.54) is 0 Å². The lowest BCUT2D eigenvalue weighted by atomic mass is 9.90. The summed E-state index contributed by atoms with van der Waals surface area (Å²) in [6, 6.07) is 9.08. The zero-order chi connectivity index (χ0) is 16.4. The average Bonchev–Trinajstić information content (AvgIpc) is 2.56. The molecule has 5 nitrogen and oxygen atoms in total. The number of para-hydroxylation sites is 1. The van der Waals surface area contributed by atoms with Crippen LogP contribution in [0.3, 0.4) is 0 Å². The second-order valence-corrected chi connectivity index (χ2v) is 5.93. The van der Waals surface area contributed by atoms with E-state index < -0.39 is 0 Å². The number of phenolic OH excluding ortho intramolecular Hbond substituents is 1. The van der Waals surface area contributed by atoms with Crippen molar-refractivity contribution in [2.45, 2.75) is 25.8 Å². The summed E-state index contributed by atoms with van der Waals surface area (Å²) >= 11 is 0. The number of amides is 1. The van der Waals surface area contributed by atoms with Gasteiger partial charge in [-0.25, -0.2) is 0 Å². The fourth-order valence-electron chi connectivity index (χ4n) is 3.03. The number of carbonyl (C=O) groups excluding carboxylic acids is 1. The Bertz CT molecular complexity index is 713. The summed E-state index contributed by atoms with van der Waals surface area (Å²) in [5.74, 6) is 0.364. The van der Waals surface area contributed by atoms with E-state index >= 15 is 0 Å². The lowest BCUT2D eigenvalue weighted by molar-refractivity contribution is 0.0983. The number of aromatic nitrogens is 1. The van der Waals surface area contributed by atoms with Crippen LogP contribution in [0.2, 0.25) is 0 Å². The topological polar surface area (TPSA) is 65.5 Å². The molecule has 1 amide bonds. The first-order valence-electron chi connectivity index (χ1n) is 7.85. The number of nitrogens with one attached hydrogen (secondary N) is 1. The Balaban J connectivity index is 1.93. The summed E-state index contributed by atoms with van der Waals surface area (Å²) in [5, 5.41) is 13.3. The van der Waals surface area contributed by atoms with Gasteiger partial charge >= 0.3 is 0 Å². The molecule has 3 rings (SSSR count). The highest BCUT2D eigenvalue weighted by molar-refractivity contribution is 6.07. The fourth-order valence-corrected chi connectivity index (χ4v) is 3.03. The van der Waals surface area contributed by atoms with Crippen molar-refractivity contribution in [2.75, 3.05) is 18.5 Å². The molecule has 0 saturated heterocycles. The number of benzene rings is 1. The van der Waals surface area contributed by atoms with Gasteiger partial charge in [-0.2, -0.15) is 0 Å². The van der Waals surface area contributed by atoms with E-state index in [9.17, 15) is 9.90 Å². The van der Waals surface area contributed by atoms with E-state index in [0.29, 0.717) is 30.3 Å². The zero-order valence-corrected chi connectivity index (χ0v) is 13.4. The van der Waals surface area contributed by atoms with Crippen LogP contribution in [0.5, 0.6) is 5.75 Å². The Kier molecular flexibility index (Phi) is 4.30. The van der Waals surface area contributed by atoms with Crippen LogP contribution in [-0.4, -0.2) is 29.6 Å². The van der Waals surface area contributed by atoms with Gasteiger partial charge in [0.15, 0.2) is 0 Å². The van der Waals surface area contributed by atoms with Gasteiger partial charge in [0.25, 0.3) is 5.91 Å². The van der Waals surface area contributed by atoms with Gasteiger partial charge in [-0.3, -0.25) is 9.78 Å². The van der Waals surface area contributed by atoms with Gasteiger partial charge in [0.05, 0.1) is 16.9 Å². The molecule has 0 saturated carbocycles. The van der Waals surface area contributed by atoms with Crippen LogP contribution in [0.15, 0.2) is 36.5 Å². The van der Waals surface area contributed by atoms with Crippen LogP contribution < -0.4 is 10.2 Å². The van der Waals surface area contributed by atoms with E-state index in [0.717, 1.165) is 17.7 Å². The van der Waals surface area contributed by atoms with Crippen molar-refractivity contribution in [3.63, 3.8) is 0 Å². The van der Waals surface area contributed by atoms with Gasteiger partial charge in [0.1, 0.15) is 5.75 Å². The van der Waals surface area contributed by atoms with Crippen LogP contribution in [0.1, 0.15) is 40.9 Å². The third-order valence-electron chi connectivity index (χ3n) is 4.31. The molecule has 1 aromatic heterocycles. The molecule has 120 valence electrons. The number of carbonyl (C=O) groups is 1. The predicted molar refractivity (Wildman–Crippen MR) is 89.8 cm³/mol. The quantitative estimate of drug-likeness (QED) is 0.914. The Hall–Kier alpha value is -2.40. The van der Waals surface area contributed by atoms with E-state index in [2.05, 4.69) is 17.2 Å². The Morgan fingerprint density at radius 1 is 1.39 bits per heavy atom. The fraction of sp³-hybridized carbons (Fsp3) is 0.333. The van der Waals surface area contributed by atoms with Crippen LogP contribution in [0, 0.1) is 0 Å². The van der Waals surface area contributed by atoms with E-state index in [1.807, 2.05) is 25.2 Å². The minimum Gasteiger partial charge on any atom is -0.506 e. The molecule has 0 radical (unpaired) electrons. The summed E-state index contributed by atoms with van der Waals surface area (Å²) in [6.07, 6.45) is 2.49. The summed E-state index contributed by atoms with van der Waals surface area (Å²) in [6.45, 7) is 3.39. The van der Waals surface area contributed by atoms with Gasteiger partial charge in [-0.15, -0.1) is 0 Å². The maximum Gasteiger partial charge on any atom is 0.259 e. The van der Waals surface area contributed by atoms with Crippen LogP contribution in [-0.2, 0) is 6.54 Å². The Morgan fingerprint density at radius 3 is 2.91 bits per heavy atom. The smallest absolute Gasteiger partial charge is 0.259 e. The highest BCUT2D eigenvalue weighted by Crippen LogP contribution is 2.41. The molecule has 1 aliphatic heterocycles. The minimum atomic E-state index is -0.122. The van der Waals surface area contributed by atoms with Gasteiger partial charge in [-0.1, -0.05) is 19.1 Å². The lowest BCUT2D eigenvalue weighted by Crippen LogP contribution is -2.36. The highest BCUT2D eigenvalue weighted by Gasteiger charge is 2.29. The van der Waals surface area contributed by atoms with Crippen molar-refractivity contribution in [1.82, 2.24) is 10.3 Å². The molecule has 0 spiro atoms. The number of hydrogen-bond acceptors (Lipinski definition) is 4.